The van der Waals surface area contributed by atoms with E-state index in [4.69, 9.17) is 20.8 Å². The number of hydrogen-bond donors (Lipinski definition) is 2. The van der Waals surface area contributed by atoms with Crippen LogP contribution in [0.1, 0.15) is 40.3 Å². The van der Waals surface area contributed by atoms with Gasteiger partial charge in [0.1, 0.15) is 17.7 Å². The van der Waals surface area contributed by atoms with Crippen molar-refractivity contribution >= 4 is 45.9 Å². The van der Waals surface area contributed by atoms with Crippen LogP contribution in [-0.2, 0) is 17.8 Å². The summed E-state index contributed by atoms with van der Waals surface area (Å²) in [4.78, 5) is 30.2. The van der Waals surface area contributed by atoms with Crippen LogP contribution in [0.3, 0.4) is 0 Å². The maximum atomic E-state index is 14.2. The number of amides is 1. The Balaban J connectivity index is 1.80. The molecule has 0 aliphatic heterocycles. The molecule has 0 aliphatic rings. The van der Waals surface area contributed by atoms with Crippen molar-refractivity contribution in [3.05, 3.63) is 76.7 Å². The number of ether oxygens (including phenoxy) is 1. The summed E-state index contributed by atoms with van der Waals surface area (Å²) in [5.74, 6) is -1.32. The molecule has 10 heteroatoms. The smallest absolute Gasteiger partial charge is 0.356 e. The third kappa shape index (κ3) is 5.00. The summed E-state index contributed by atoms with van der Waals surface area (Å²) in [6.07, 6.45) is 4.27. The molecule has 3 heterocycles. The summed E-state index contributed by atoms with van der Waals surface area (Å²) in [5, 5.41) is 6.75. The summed E-state index contributed by atoms with van der Waals surface area (Å²) in [6.45, 7) is 4.59. The third-order valence-electron chi connectivity index (χ3n) is 5.38. The maximum Gasteiger partial charge on any atom is 0.356 e. The van der Waals surface area contributed by atoms with Gasteiger partial charge in [0.05, 0.1) is 36.5 Å². The number of furan rings is 1. The van der Waals surface area contributed by atoms with Crippen LogP contribution in [0.4, 0.5) is 15.8 Å². The Bertz CT molecular complexity index is 1360. The molecule has 4 rings (SSSR count). The van der Waals surface area contributed by atoms with E-state index >= 15 is 0 Å². The first-order valence-corrected chi connectivity index (χ1v) is 11.3. The highest BCUT2D eigenvalue weighted by Gasteiger charge is 2.27. The molecule has 1 aromatic carbocycles. The van der Waals surface area contributed by atoms with Crippen molar-refractivity contribution in [1.29, 1.82) is 0 Å². The van der Waals surface area contributed by atoms with Gasteiger partial charge in [-0.15, -0.1) is 0 Å². The molecule has 8 nitrogen and oxygen atoms in total. The minimum atomic E-state index is -0.612. The van der Waals surface area contributed by atoms with Crippen molar-refractivity contribution in [3.8, 4) is 0 Å². The van der Waals surface area contributed by atoms with Gasteiger partial charge in [0.2, 0.25) is 0 Å². The van der Waals surface area contributed by atoms with Gasteiger partial charge in [-0.25, -0.2) is 14.2 Å². The van der Waals surface area contributed by atoms with Gasteiger partial charge in [-0.2, -0.15) is 0 Å². The molecule has 35 heavy (non-hydrogen) atoms. The number of carbonyl (C=O) groups is 2. The number of esters is 1. The van der Waals surface area contributed by atoms with E-state index in [0.29, 0.717) is 39.4 Å². The van der Waals surface area contributed by atoms with E-state index in [-0.39, 0.29) is 23.8 Å². The second-order valence-electron chi connectivity index (χ2n) is 8.33. The SMILES string of the molecule is COC(=O)c1c(NC(=O)c2ccoc2)c2cc(NCc3c(F)cccc3Cl)cnc2n1CC(C)C. The number of methoxy groups -OCH3 is 1. The van der Waals surface area contributed by atoms with E-state index in [2.05, 4.69) is 15.6 Å². The highest BCUT2D eigenvalue weighted by Crippen LogP contribution is 2.34. The van der Waals surface area contributed by atoms with Gasteiger partial charge in [-0.3, -0.25) is 4.79 Å². The molecular weight excluding hydrogens is 475 g/mol. The lowest BCUT2D eigenvalue weighted by molar-refractivity contribution is 0.0589. The lowest BCUT2D eigenvalue weighted by Crippen LogP contribution is -2.18. The molecule has 0 atom stereocenters. The highest BCUT2D eigenvalue weighted by molar-refractivity contribution is 6.31. The summed E-state index contributed by atoms with van der Waals surface area (Å²) in [7, 11) is 1.28. The number of benzene rings is 1. The first-order valence-electron chi connectivity index (χ1n) is 10.9. The third-order valence-corrected chi connectivity index (χ3v) is 5.73. The zero-order chi connectivity index (χ0) is 25.1. The number of rotatable bonds is 8. The molecule has 0 saturated heterocycles. The fourth-order valence-corrected chi connectivity index (χ4v) is 4.00. The Morgan fingerprint density at radius 2 is 2.09 bits per heavy atom. The molecule has 0 saturated carbocycles. The number of carbonyl (C=O) groups excluding carboxylic acids is 2. The number of pyridine rings is 1. The van der Waals surface area contributed by atoms with E-state index in [1.807, 2.05) is 13.8 Å². The molecule has 2 N–H and O–H groups in total. The molecule has 3 aromatic heterocycles. The van der Waals surface area contributed by atoms with Crippen LogP contribution in [0.15, 0.2) is 53.5 Å². The van der Waals surface area contributed by atoms with E-state index in [1.54, 1.807) is 22.9 Å². The fourth-order valence-electron chi connectivity index (χ4n) is 3.77. The number of hydrogen-bond acceptors (Lipinski definition) is 6. The normalized spacial score (nSPS) is 11.1. The van der Waals surface area contributed by atoms with Gasteiger partial charge >= 0.3 is 5.97 Å². The Morgan fingerprint density at radius 1 is 1.29 bits per heavy atom. The second kappa shape index (κ2) is 10.2. The monoisotopic (exact) mass is 498 g/mol. The average Bonchev–Trinajstić information content (AvgIpc) is 3.46. The van der Waals surface area contributed by atoms with Crippen LogP contribution in [-0.4, -0.2) is 28.5 Å². The quantitative estimate of drug-likeness (QED) is 0.301. The standard InChI is InChI=1S/C25H24ClFN4O4/c1-14(2)12-31-22(25(33)34-3)21(30-24(32)15-7-8-35-13-15)17-9-16(10-29-23(17)31)28-11-18-19(26)5-4-6-20(18)27/h4-10,13-14,28H,11-12H2,1-3H3,(H,30,32). The zero-order valence-corrected chi connectivity index (χ0v) is 20.1. The van der Waals surface area contributed by atoms with Gasteiger partial charge in [0.15, 0.2) is 5.69 Å². The number of nitrogens with one attached hydrogen (secondary N) is 2. The van der Waals surface area contributed by atoms with Gasteiger partial charge in [-0.05, 0) is 30.2 Å². The molecule has 0 radical (unpaired) electrons. The molecule has 4 aromatic rings. The Hall–Kier alpha value is -3.85. The van der Waals surface area contributed by atoms with Crippen LogP contribution in [0.2, 0.25) is 5.02 Å². The fraction of sp³-hybridized carbons (Fsp3) is 0.240. The molecule has 182 valence electrons. The molecule has 0 bridgehead atoms. The second-order valence-corrected chi connectivity index (χ2v) is 8.74. The van der Waals surface area contributed by atoms with Crippen LogP contribution in [0.5, 0.6) is 0 Å². The number of nitrogens with zero attached hydrogens (tertiary/aromatic N) is 2. The largest absolute Gasteiger partial charge is 0.472 e. The van der Waals surface area contributed by atoms with E-state index < -0.39 is 17.7 Å². The van der Waals surface area contributed by atoms with Crippen molar-refractivity contribution in [2.24, 2.45) is 5.92 Å². The average molecular weight is 499 g/mol. The maximum absolute atomic E-state index is 14.2. The lowest BCUT2D eigenvalue weighted by atomic mass is 10.2. The van der Waals surface area contributed by atoms with Crippen molar-refractivity contribution in [2.45, 2.75) is 26.9 Å². The molecule has 0 aliphatic carbocycles. The van der Waals surface area contributed by atoms with Crippen LogP contribution in [0, 0.1) is 11.7 Å². The van der Waals surface area contributed by atoms with Crippen molar-refractivity contribution in [1.82, 2.24) is 9.55 Å². The van der Waals surface area contributed by atoms with Crippen LogP contribution < -0.4 is 10.6 Å². The topological polar surface area (TPSA) is 98.4 Å². The molecule has 0 spiro atoms. The summed E-state index contributed by atoms with van der Waals surface area (Å²) < 4.78 is 26.0. The summed E-state index contributed by atoms with van der Waals surface area (Å²) >= 11 is 6.14. The molecule has 0 fully saturated rings. The van der Waals surface area contributed by atoms with Gasteiger partial charge in [0.25, 0.3) is 5.91 Å². The Morgan fingerprint density at radius 3 is 2.74 bits per heavy atom. The summed E-state index contributed by atoms with van der Waals surface area (Å²) in [6, 6.07) is 7.74. The predicted molar refractivity (Wildman–Crippen MR) is 131 cm³/mol. The number of anilines is 2. The minimum absolute atomic E-state index is 0.117. The first kappa shape index (κ1) is 24.3. The minimum Gasteiger partial charge on any atom is -0.472 e. The van der Waals surface area contributed by atoms with Crippen LogP contribution in [0.25, 0.3) is 11.0 Å². The van der Waals surface area contributed by atoms with Gasteiger partial charge < -0.3 is 24.4 Å². The molecule has 1 amide bonds. The Labute approximate surface area is 206 Å². The lowest BCUT2D eigenvalue weighted by Gasteiger charge is -2.12. The van der Waals surface area contributed by atoms with Gasteiger partial charge in [-0.1, -0.05) is 31.5 Å². The van der Waals surface area contributed by atoms with Crippen molar-refractivity contribution in [2.75, 3.05) is 17.7 Å². The number of halogens is 2. The predicted octanol–water partition coefficient (Wildman–Crippen LogP) is 5.73. The zero-order valence-electron chi connectivity index (χ0n) is 19.4. The highest BCUT2D eigenvalue weighted by atomic mass is 35.5. The Kier molecular flexibility index (Phi) is 7.07. The molecular formula is C25H24ClFN4O4. The van der Waals surface area contributed by atoms with E-state index in [1.165, 1.54) is 37.8 Å². The van der Waals surface area contributed by atoms with E-state index in [9.17, 15) is 14.0 Å². The number of fused-ring (bicyclic) bond motifs is 1. The first-order chi connectivity index (χ1) is 16.8. The van der Waals surface area contributed by atoms with E-state index in [0.717, 1.165) is 0 Å². The number of aromatic nitrogens is 2. The van der Waals surface area contributed by atoms with Crippen LogP contribution >= 0.6 is 11.6 Å². The molecule has 0 unspecified atom stereocenters. The van der Waals surface area contributed by atoms with Crippen molar-refractivity contribution < 1.29 is 23.1 Å². The van der Waals surface area contributed by atoms with Crippen molar-refractivity contribution in [3.63, 3.8) is 0 Å². The van der Waals surface area contributed by atoms with Gasteiger partial charge in [0, 0.05) is 29.1 Å². The summed E-state index contributed by atoms with van der Waals surface area (Å²) in [5.41, 5.74) is 2.09.